The van der Waals surface area contributed by atoms with E-state index in [1.54, 1.807) is 0 Å². The number of imidazole rings is 1. The number of amides is 2. The third-order valence-corrected chi connectivity index (χ3v) is 3.92. The molecule has 5 heteroatoms. The Morgan fingerprint density at radius 3 is 2.82 bits per heavy atom. The summed E-state index contributed by atoms with van der Waals surface area (Å²) in [6, 6.07) is 7.75. The van der Waals surface area contributed by atoms with Gasteiger partial charge in [-0.3, -0.25) is 0 Å². The lowest BCUT2D eigenvalue weighted by Gasteiger charge is -2.14. The van der Waals surface area contributed by atoms with E-state index in [9.17, 15) is 4.79 Å². The highest BCUT2D eigenvalue weighted by molar-refractivity contribution is 5.77. The maximum Gasteiger partial charge on any atom is 0.319 e. The van der Waals surface area contributed by atoms with Gasteiger partial charge in [0.25, 0.3) is 0 Å². The molecule has 0 radical (unpaired) electrons. The van der Waals surface area contributed by atoms with Crippen molar-refractivity contribution in [1.82, 2.24) is 20.2 Å². The number of aromatic nitrogens is 2. The van der Waals surface area contributed by atoms with Crippen molar-refractivity contribution in [2.45, 2.75) is 26.3 Å². The third kappa shape index (κ3) is 3.03. The van der Waals surface area contributed by atoms with Crippen molar-refractivity contribution >= 4 is 17.1 Å². The Morgan fingerprint density at radius 2 is 2.09 bits per heavy atom. The second-order valence-electron chi connectivity index (χ2n) is 5.59. The molecular formula is C17H20N4O. The van der Waals surface area contributed by atoms with Gasteiger partial charge in [0.15, 0.2) is 0 Å². The van der Waals surface area contributed by atoms with E-state index in [2.05, 4.69) is 22.5 Å². The van der Waals surface area contributed by atoms with Crippen LogP contribution in [0.5, 0.6) is 0 Å². The van der Waals surface area contributed by atoms with Gasteiger partial charge >= 0.3 is 6.03 Å². The van der Waals surface area contributed by atoms with Crippen LogP contribution in [0.1, 0.15) is 25.6 Å². The summed E-state index contributed by atoms with van der Waals surface area (Å²) in [7, 11) is 1.96. The minimum Gasteiger partial charge on any atom is -0.331 e. The molecule has 114 valence electrons. The van der Waals surface area contributed by atoms with Gasteiger partial charge in [0, 0.05) is 12.7 Å². The average Bonchev–Trinajstić information content (AvgIpc) is 2.84. The van der Waals surface area contributed by atoms with Crippen LogP contribution in [-0.4, -0.2) is 15.6 Å². The van der Waals surface area contributed by atoms with E-state index in [1.165, 1.54) is 5.57 Å². The topological polar surface area (TPSA) is 59.0 Å². The van der Waals surface area contributed by atoms with Crippen LogP contribution in [0.4, 0.5) is 4.79 Å². The smallest absolute Gasteiger partial charge is 0.319 e. The number of benzene rings is 1. The molecule has 1 aliphatic carbocycles. The predicted molar refractivity (Wildman–Crippen MR) is 87.2 cm³/mol. The maximum atomic E-state index is 12.0. The Bertz CT molecular complexity index is 770. The summed E-state index contributed by atoms with van der Waals surface area (Å²) in [4.78, 5) is 16.5. The zero-order valence-corrected chi connectivity index (χ0v) is 12.9. The van der Waals surface area contributed by atoms with Gasteiger partial charge < -0.3 is 15.2 Å². The molecule has 0 spiro atoms. The SMILES string of the molecule is CC1=CC=C(NC(=O)NCc2nc3ccccc3n2C)CC1. The molecule has 1 heterocycles. The van der Waals surface area contributed by atoms with Crippen molar-refractivity contribution in [3.05, 3.63) is 53.5 Å². The molecule has 3 rings (SSSR count). The fraction of sp³-hybridized carbons (Fsp3) is 0.294. The number of nitrogens with zero attached hydrogens (tertiary/aromatic N) is 2. The molecule has 0 saturated heterocycles. The third-order valence-electron chi connectivity index (χ3n) is 3.92. The monoisotopic (exact) mass is 296 g/mol. The minimum absolute atomic E-state index is 0.189. The summed E-state index contributed by atoms with van der Waals surface area (Å²) in [5, 5.41) is 5.76. The molecule has 2 aromatic rings. The standard InChI is InChI=1S/C17H20N4O/c1-12-7-9-13(10-8-12)19-17(22)18-11-16-20-14-5-3-4-6-15(14)21(16)2/h3-7,9H,8,10-11H2,1-2H3,(H2,18,19,22). The van der Waals surface area contributed by atoms with Crippen molar-refractivity contribution in [1.29, 1.82) is 0 Å². The largest absolute Gasteiger partial charge is 0.331 e. The molecule has 0 saturated carbocycles. The first-order valence-corrected chi connectivity index (χ1v) is 7.45. The highest BCUT2D eigenvalue weighted by Crippen LogP contribution is 2.16. The van der Waals surface area contributed by atoms with Crippen LogP contribution in [0, 0.1) is 0 Å². The fourth-order valence-corrected chi connectivity index (χ4v) is 2.55. The van der Waals surface area contributed by atoms with Crippen LogP contribution >= 0.6 is 0 Å². The highest BCUT2D eigenvalue weighted by atomic mass is 16.2. The summed E-state index contributed by atoms with van der Waals surface area (Å²) in [6.45, 7) is 2.50. The molecule has 2 amide bonds. The molecule has 1 aromatic carbocycles. The van der Waals surface area contributed by atoms with Crippen LogP contribution in [0.25, 0.3) is 11.0 Å². The van der Waals surface area contributed by atoms with E-state index in [1.807, 2.05) is 48.0 Å². The number of hydrogen-bond acceptors (Lipinski definition) is 2. The first-order chi connectivity index (χ1) is 10.6. The Labute approximate surface area is 129 Å². The molecule has 0 atom stereocenters. The van der Waals surface area contributed by atoms with Crippen LogP contribution in [0.2, 0.25) is 0 Å². The van der Waals surface area contributed by atoms with E-state index >= 15 is 0 Å². The van der Waals surface area contributed by atoms with Crippen LogP contribution in [-0.2, 0) is 13.6 Å². The summed E-state index contributed by atoms with van der Waals surface area (Å²) < 4.78 is 2.00. The number of fused-ring (bicyclic) bond motifs is 1. The van der Waals surface area contributed by atoms with Crippen molar-refractivity contribution in [3.8, 4) is 0 Å². The van der Waals surface area contributed by atoms with Gasteiger partial charge in [-0.2, -0.15) is 0 Å². The molecule has 5 nitrogen and oxygen atoms in total. The molecule has 2 N–H and O–H groups in total. The number of allylic oxidation sites excluding steroid dienone is 4. The van der Waals surface area contributed by atoms with Crippen molar-refractivity contribution in [2.24, 2.45) is 7.05 Å². The summed E-state index contributed by atoms with van der Waals surface area (Å²) in [5.41, 5.74) is 4.30. The van der Waals surface area contributed by atoms with Crippen LogP contribution in [0.15, 0.2) is 47.7 Å². The number of aryl methyl sites for hydroxylation is 1. The lowest BCUT2D eigenvalue weighted by molar-refractivity contribution is 0.242. The Morgan fingerprint density at radius 1 is 1.27 bits per heavy atom. The zero-order chi connectivity index (χ0) is 15.5. The number of carbonyl (C=O) groups excluding carboxylic acids is 1. The number of hydrogen-bond donors (Lipinski definition) is 2. The molecule has 0 bridgehead atoms. The second-order valence-corrected chi connectivity index (χ2v) is 5.59. The number of nitrogens with one attached hydrogen (secondary N) is 2. The van der Waals surface area contributed by atoms with Crippen LogP contribution < -0.4 is 10.6 Å². The number of para-hydroxylation sites is 2. The lowest BCUT2D eigenvalue weighted by Crippen LogP contribution is -2.35. The molecule has 0 aliphatic heterocycles. The molecule has 0 unspecified atom stereocenters. The van der Waals surface area contributed by atoms with E-state index in [0.717, 1.165) is 35.4 Å². The van der Waals surface area contributed by atoms with Gasteiger partial charge in [-0.05, 0) is 38.0 Å². The second kappa shape index (κ2) is 6.05. The number of carbonyl (C=O) groups is 1. The van der Waals surface area contributed by atoms with E-state index in [-0.39, 0.29) is 6.03 Å². The van der Waals surface area contributed by atoms with Crippen molar-refractivity contribution < 1.29 is 4.79 Å². The van der Waals surface area contributed by atoms with Crippen molar-refractivity contribution in [3.63, 3.8) is 0 Å². The predicted octanol–water partition coefficient (Wildman–Crippen LogP) is 3.00. The van der Waals surface area contributed by atoms with Gasteiger partial charge in [-0.1, -0.05) is 23.8 Å². The Hall–Kier alpha value is -2.56. The molecule has 22 heavy (non-hydrogen) atoms. The molecule has 1 aliphatic rings. The van der Waals surface area contributed by atoms with Gasteiger partial charge in [0.05, 0.1) is 17.6 Å². The first-order valence-electron chi connectivity index (χ1n) is 7.45. The van der Waals surface area contributed by atoms with E-state index in [0.29, 0.717) is 6.54 Å². The van der Waals surface area contributed by atoms with E-state index in [4.69, 9.17) is 0 Å². The lowest BCUT2D eigenvalue weighted by atomic mass is 10.0. The van der Waals surface area contributed by atoms with Crippen molar-refractivity contribution in [2.75, 3.05) is 0 Å². The highest BCUT2D eigenvalue weighted by Gasteiger charge is 2.10. The average molecular weight is 296 g/mol. The summed E-state index contributed by atoms with van der Waals surface area (Å²) in [5.74, 6) is 0.838. The first kappa shape index (κ1) is 14.4. The van der Waals surface area contributed by atoms with Gasteiger partial charge in [0.2, 0.25) is 0 Å². The Kier molecular flexibility index (Phi) is 3.96. The molecule has 1 aromatic heterocycles. The normalized spacial score (nSPS) is 14.5. The maximum absolute atomic E-state index is 12.0. The molecule has 0 fully saturated rings. The van der Waals surface area contributed by atoms with Gasteiger partial charge in [0.1, 0.15) is 5.82 Å². The molecular weight excluding hydrogens is 276 g/mol. The minimum atomic E-state index is -0.189. The van der Waals surface area contributed by atoms with Gasteiger partial charge in [-0.25, -0.2) is 9.78 Å². The quantitative estimate of drug-likeness (QED) is 0.914. The fourth-order valence-electron chi connectivity index (χ4n) is 2.55. The van der Waals surface area contributed by atoms with E-state index < -0.39 is 0 Å². The summed E-state index contributed by atoms with van der Waals surface area (Å²) >= 11 is 0. The number of rotatable bonds is 3. The van der Waals surface area contributed by atoms with Gasteiger partial charge in [-0.15, -0.1) is 0 Å². The van der Waals surface area contributed by atoms with Crippen LogP contribution in [0.3, 0.4) is 0 Å². The Balaban J connectivity index is 1.62. The zero-order valence-electron chi connectivity index (χ0n) is 12.9. The summed E-state index contributed by atoms with van der Waals surface area (Å²) in [6.07, 6.45) is 5.89. The number of urea groups is 1.